The summed E-state index contributed by atoms with van der Waals surface area (Å²) in [4.78, 5) is 9.91. The zero-order chi connectivity index (χ0) is 6.57. The van der Waals surface area contributed by atoms with Crippen LogP contribution in [0, 0.1) is 0 Å². The third-order valence-electron chi connectivity index (χ3n) is 0.737. The first-order chi connectivity index (χ1) is 3.68. The number of carbonyl (C=O) groups is 1. The first kappa shape index (κ1) is 7.72. The van der Waals surface area contributed by atoms with Gasteiger partial charge in [-0.1, -0.05) is 0 Å². The van der Waals surface area contributed by atoms with Crippen LogP contribution in [0.1, 0.15) is 6.42 Å². The van der Waals surface area contributed by atoms with E-state index in [1.807, 2.05) is 0 Å². The van der Waals surface area contributed by atoms with Crippen molar-refractivity contribution < 1.29 is 9.90 Å². The van der Waals surface area contributed by atoms with Gasteiger partial charge in [0.15, 0.2) is 0 Å². The van der Waals surface area contributed by atoms with Crippen molar-refractivity contribution >= 4 is 17.6 Å². The maximum absolute atomic E-state index is 9.91. The van der Waals surface area contributed by atoms with Crippen LogP contribution >= 0.6 is 11.6 Å². The summed E-state index contributed by atoms with van der Waals surface area (Å²) in [7, 11) is 0. The van der Waals surface area contributed by atoms with Crippen LogP contribution in [0.15, 0.2) is 0 Å². The molecule has 0 unspecified atom stereocenters. The van der Waals surface area contributed by atoms with Crippen LogP contribution in [0.5, 0.6) is 0 Å². The molecule has 0 heterocycles. The lowest BCUT2D eigenvalue weighted by Gasteiger charge is -1.99. The van der Waals surface area contributed by atoms with Crippen LogP contribution in [0.25, 0.3) is 0 Å². The number of alkyl halides is 1. The quantitative estimate of drug-likeness (QED) is 0.540. The van der Waals surface area contributed by atoms with E-state index in [1.165, 1.54) is 0 Å². The molecule has 0 rings (SSSR count). The Kier molecular flexibility index (Phi) is 3.56. The van der Waals surface area contributed by atoms with Crippen LogP contribution in [0.4, 0.5) is 0 Å². The fourth-order valence-electron chi connectivity index (χ4n) is 0.241. The molecule has 0 aliphatic rings. The standard InChI is InChI=1S/C4H8ClNO2/c5-2-1-3(6)4(7)8/h3H,1-2,6H2,(H,7,8)/t3-/m1/s1. The topological polar surface area (TPSA) is 63.3 Å². The third kappa shape index (κ3) is 2.82. The molecule has 0 amide bonds. The molecule has 0 spiro atoms. The molecule has 0 saturated heterocycles. The highest BCUT2D eigenvalue weighted by Gasteiger charge is 2.08. The van der Waals surface area contributed by atoms with E-state index in [0.717, 1.165) is 0 Å². The van der Waals surface area contributed by atoms with Crippen molar-refractivity contribution in [1.82, 2.24) is 0 Å². The molecule has 0 aromatic heterocycles. The number of nitrogens with two attached hydrogens (primary N) is 1. The lowest BCUT2D eigenvalue weighted by molar-refractivity contribution is -0.138. The van der Waals surface area contributed by atoms with Crippen molar-refractivity contribution in [3.63, 3.8) is 0 Å². The van der Waals surface area contributed by atoms with Crippen molar-refractivity contribution in [1.29, 1.82) is 0 Å². The Morgan fingerprint density at radius 1 is 1.88 bits per heavy atom. The summed E-state index contributed by atoms with van der Waals surface area (Å²) in [5.74, 6) is -0.696. The van der Waals surface area contributed by atoms with Gasteiger partial charge in [-0.05, 0) is 6.42 Å². The van der Waals surface area contributed by atoms with Gasteiger partial charge in [0, 0.05) is 5.88 Å². The van der Waals surface area contributed by atoms with E-state index in [0.29, 0.717) is 12.3 Å². The Hall–Kier alpha value is -0.280. The fourth-order valence-corrected chi connectivity index (χ4v) is 0.476. The highest BCUT2D eigenvalue weighted by Crippen LogP contribution is 1.89. The van der Waals surface area contributed by atoms with Gasteiger partial charge in [0.1, 0.15) is 6.04 Å². The molecule has 0 fully saturated rings. The van der Waals surface area contributed by atoms with Crippen molar-refractivity contribution in [3.8, 4) is 0 Å². The molecular formula is C4H8ClNO2. The van der Waals surface area contributed by atoms with Gasteiger partial charge in [0.05, 0.1) is 0 Å². The maximum Gasteiger partial charge on any atom is 0.320 e. The molecule has 3 N–H and O–H groups in total. The number of hydrogen-bond donors (Lipinski definition) is 2. The van der Waals surface area contributed by atoms with Gasteiger partial charge in [-0.2, -0.15) is 0 Å². The highest BCUT2D eigenvalue weighted by atomic mass is 35.5. The third-order valence-corrected chi connectivity index (χ3v) is 0.956. The molecule has 4 heteroatoms. The molecular weight excluding hydrogens is 130 g/mol. The maximum atomic E-state index is 9.91. The van der Waals surface area contributed by atoms with E-state index in [-0.39, 0.29) is 0 Å². The van der Waals surface area contributed by atoms with E-state index < -0.39 is 12.0 Å². The Bertz CT molecular complexity index is 86.1. The van der Waals surface area contributed by atoms with Gasteiger partial charge in [-0.3, -0.25) is 4.79 Å². The number of carboxylic acid groups (broad SMARTS) is 1. The van der Waals surface area contributed by atoms with Crippen LogP contribution in [0.2, 0.25) is 0 Å². The summed E-state index contributed by atoms with van der Waals surface area (Å²) in [5, 5.41) is 8.13. The van der Waals surface area contributed by atoms with Crippen molar-refractivity contribution in [2.75, 3.05) is 5.88 Å². The highest BCUT2D eigenvalue weighted by molar-refractivity contribution is 6.18. The first-order valence-corrected chi connectivity index (χ1v) is 2.76. The Labute approximate surface area is 52.4 Å². The molecule has 0 aliphatic carbocycles. The lowest BCUT2D eigenvalue weighted by atomic mass is 10.2. The molecule has 8 heavy (non-hydrogen) atoms. The molecule has 0 aliphatic heterocycles. The van der Waals surface area contributed by atoms with Gasteiger partial charge in [-0.25, -0.2) is 0 Å². The number of aliphatic carboxylic acids is 1. The largest absolute Gasteiger partial charge is 0.480 e. The summed E-state index contributed by atoms with van der Waals surface area (Å²) >= 11 is 5.20. The number of rotatable bonds is 3. The molecule has 3 nitrogen and oxygen atoms in total. The monoisotopic (exact) mass is 137 g/mol. The zero-order valence-corrected chi connectivity index (χ0v) is 5.06. The van der Waals surface area contributed by atoms with Gasteiger partial charge in [-0.15, -0.1) is 11.6 Å². The van der Waals surface area contributed by atoms with Gasteiger partial charge in [0.25, 0.3) is 0 Å². The number of hydrogen-bond acceptors (Lipinski definition) is 2. The van der Waals surface area contributed by atoms with Crippen LogP contribution in [-0.2, 0) is 4.79 Å². The Morgan fingerprint density at radius 3 is 2.50 bits per heavy atom. The molecule has 0 aromatic rings. The average Bonchev–Trinajstić information content (AvgIpc) is 1.67. The fraction of sp³-hybridized carbons (Fsp3) is 0.750. The lowest BCUT2D eigenvalue weighted by Crippen LogP contribution is -2.30. The molecule has 0 bridgehead atoms. The van der Waals surface area contributed by atoms with Crippen molar-refractivity contribution in [2.24, 2.45) is 5.73 Å². The van der Waals surface area contributed by atoms with Crippen molar-refractivity contribution in [2.45, 2.75) is 12.5 Å². The second-order valence-corrected chi connectivity index (χ2v) is 1.80. The molecule has 1 atom stereocenters. The molecule has 0 aromatic carbocycles. The van der Waals surface area contributed by atoms with Crippen molar-refractivity contribution in [3.05, 3.63) is 0 Å². The summed E-state index contributed by atoms with van der Waals surface area (Å²) in [5.41, 5.74) is 5.04. The molecule has 0 saturated carbocycles. The smallest absolute Gasteiger partial charge is 0.320 e. The zero-order valence-electron chi connectivity index (χ0n) is 4.30. The Balaban J connectivity index is 3.32. The minimum absolute atomic E-state index is 0.299. The predicted molar refractivity (Wildman–Crippen MR) is 30.9 cm³/mol. The van der Waals surface area contributed by atoms with Crippen LogP contribution in [-0.4, -0.2) is 23.0 Å². The summed E-state index contributed by atoms with van der Waals surface area (Å²) in [6, 6.07) is -0.799. The van der Waals surface area contributed by atoms with Gasteiger partial charge >= 0.3 is 5.97 Å². The molecule has 48 valence electrons. The average molecular weight is 138 g/mol. The predicted octanol–water partition coefficient (Wildman–Crippen LogP) is 0.0272. The van der Waals surface area contributed by atoms with Crippen LogP contribution in [0.3, 0.4) is 0 Å². The van der Waals surface area contributed by atoms with E-state index in [1.54, 1.807) is 0 Å². The van der Waals surface area contributed by atoms with Gasteiger partial charge in [0.2, 0.25) is 0 Å². The van der Waals surface area contributed by atoms with E-state index in [4.69, 9.17) is 22.4 Å². The van der Waals surface area contributed by atoms with Gasteiger partial charge < -0.3 is 10.8 Å². The summed E-state index contributed by atoms with van der Waals surface area (Å²) < 4.78 is 0. The van der Waals surface area contributed by atoms with E-state index in [9.17, 15) is 4.79 Å². The summed E-state index contributed by atoms with van der Waals surface area (Å²) in [6.45, 7) is 0. The van der Waals surface area contributed by atoms with E-state index >= 15 is 0 Å². The first-order valence-electron chi connectivity index (χ1n) is 2.23. The second kappa shape index (κ2) is 3.69. The van der Waals surface area contributed by atoms with E-state index in [2.05, 4.69) is 0 Å². The minimum Gasteiger partial charge on any atom is -0.480 e. The number of halogens is 1. The van der Waals surface area contributed by atoms with Crippen LogP contribution < -0.4 is 5.73 Å². The Morgan fingerprint density at radius 2 is 2.38 bits per heavy atom. The summed E-state index contributed by atoms with van der Waals surface area (Å²) in [6.07, 6.45) is 0.330. The normalized spacial score (nSPS) is 13.2. The second-order valence-electron chi connectivity index (χ2n) is 1.42. The molecule has 0 radical (unpaired) electrons. The SMILES string of the molecule is N[C@H](CCCl)C(=O)O. The minimum atomic E-state index is -0.995. The number of carboxylic acids is 1.